The standard InChI is InChI=1S/C16H16N4O2S2/c1-11(14(21)17-10-13-8-5-9-22-13)23-16-20-19-15(24-16)18-12-6-3-2-4-7-12/h2-9,11H,10H2,1H3,(H,17,21)(H,18,19)/t11-/m1/s1. The van der Waals surface area contributed by atoms with Crippen LogP contribution in [0.25, 0.3) is 0 Å². The molecule has 3 rings (SSSR count). The zero-order valence-corrected chi connectivity index (χ0v) is 14.6. The number of amides is 1. The largest absolute Gasteiger partial charge is 0.467 e. The SMILES string of the molecule is C[C@@H](Sc1nnc(Nc2ccccc2)s1)C(=O)NCc1ccco1. The van der Waals surface area contributed by atoms with Crippen LogP contribution in [0.5, 0.6) is 0 Å². The van der Waals surface area contributed by atoms with Crippen LogP contribution in [0.4, 0.5) is 10.8 Å². The monoisotopic (exact) mass is 360 g/mol. The van der Waals surface area contributed by atoms with Crippen LogP contribution < -0.4 is 10.6 Å². The Hall–Kier alpha value is -2.32. The Morgan fingerprint density at radius 3 is 2.83 bits per heavy atom. The summed E-state index contributed by atoms with van der Waals surface area (Å²) < 4.78 is 5.94. The van der Waals surface area contributed by atoms with E-state index in [0.29, 0.717) is 11.7 Å². The molecule has 24 heavy (non-hydrogen) atoms. The third kappa shape index (κ3) is 4.59. The topological polar surface area (TPSA) is 80.0 Å². The first-order valence-electron chi connectivity index (χ1n) is 7.33. The number of nitrogens with one attached hydrogen (secondary N) is 2. The van der Waals surface area contributed by atoms with Crippen molar-refractivity contribution in [2.24, 2.45) is 0 Å². The molecule has 124 valence electrons. The number of anilines is 2. The maximum absolute atomic E-state index is 12.1. The van der Waals surface area contributed by atoms with Gasteiger partial charge in [-0.15, -0.1) is 10.2 Å². The molecule has 0 aliphatic rings. The summed E-state index contributed by atoms with van der Waals surface area (Å²) >= 11 is 2.80. The van der Waals surface area contributed by atoms with Gasteiger partial charge in [-0.1, -0.05) is 41.3 Å². The van der Waals surface area contributed by atoms with Crippen LogP contribution in [0.2, 0.25) is 0 Å². The fourth-order valence-corrected chi connectivity index (χ4v) is 3.83. The predicted molar refractivity (Wildman–Crippen MR) is 95.5 cm³/mol. The number of carbonyl (C=O) groups is 1. The Labute approximate surface area is 147 Å². The van der Waals surface area contributed by atoms with Gasteiger partial charge in [0.1, 0.15) is 5.76 Å². The van der Waals surface area contributed by atoms with Gasteiger partial charge in [-0.25, -0.2) is 0 Å². The van der Waals surface area contributed by atoms with E-state index >= 15 is 0 Å². The van der Waals surface area contributed by atoms with Crippen LogP contribution >= 0.6 is 23.1 Å². The van der Waals surface area contributed by atoms with Crippen LogP contribution in [0.3, 0.4) is 0 Å². The normalized spacial score (nSPS) is 11.9. The third-order valence-electron chi connectivity index (χ3n) is 3.10. The minimum atomic E-state index is -0.266. The van der Waals surface area contributed by atoms with Gasteiger partial charge in [0.15, 0.2) is 4.34 Å². The fourth-order valence-electron chi connectivity index (χ4n) is 1.89. The van der Waals surface area contributed by atoms with E-state index < -0.39 is 0 Å². The highest BCUT2D eigenvalue weighted by molar-refractivity contribution is 8.02. The number of rotatable bonds is 7. The average Bonchev–Trinajstić information content (AvgIpc) is 3.25. The Bertz CT molecular complexity index is 774. The number of aromatic nitrogens is 2. The summed E-state index contributed by atoms with van der Waals surface area (Å²) in [5, 5.41) is 14.7. The highest BCUT2D eigenvalue weighted by Crippen LogP contribution is 2.30. The molecule has 1 atom stereocenters. The maximum atomic E-state index is 12.1. The van der Waals surface area contributed by atoms with E-state index in [1.807, 2.05) is 43.3 Å². The van der Waals surface area contributed by atoms with Gasteiger partial charge in [-0.2, -0.15) is 0 Å². The van der Waals surface area contributed by atoms with E-state index in [-0.39, 0.29) is 11.2 Å². The molecule has 0 bridgehead atoms. The first-order valence-corrected chi connectivity index (χ1v) is 9.02. The number of thioether (sulfide) groups is 1. The van der Waals surface area contributed by atoms with Gasteiger partial charge in [0.25, 0.3) is 0 Å². The first kappa shape index (κ1) is 16.5. The lowest BCUT2D eigenvalue weighted by Gasteiger charge is -2.08. The van der Waals surface area contributed by atoms with Crippen LogP contribution in [0, 0.1) is 0 Å². The summed E-state index contributed by atoms with van der Waals surface area (Å²) in [6, 6.07) is 13.4. The molecular weight excluding hydrogens is 344 g/mol. The number of para-hydroxylation sites is 1. The van der Waals surface area contributed by atoms with Crippen molar-refractivity contribution < 1.29 is 9.21 Å². The Morgan fingerprint density at radius 1 is 1.25 bits per heavy atom. The highest BCUT2D eigenvalue weighted by atomic mass is 32.2. The van der Waals surface area contributed by atoms with Gasteiger partial charge in [-0.3, -0.25) is 4.79 Å². The van der Waals surface area contributed by atoms with Crippen LogP contribution in [0.15, 0.2) is 57.5 Å². The van der Waals surface area contributed by atoms with E-state index in [0.717, 1.165) is 15.8 Å². The lowest BCUT2D eigenvalue weighted by atomic mass is 10.3. The molecule has 3 aromatic rings. The Morgan fingerprint density at radius 2 is 2.08 bits per heavy atom. The van der Waals surface area contributed by atoms with Crippen LogP contribution in [-0.2, 0) is 11.3 Å². The van der Waals surface area contributed by atoms with Crippen molar-refractivity contribution in [3.05, 3.63) is 54.5 Å². The summed E-state index contributed by atoms with van der Waals surface area (Å²) in [5.41, 5.74) is 0.953. The van der Waals surface area contributed by atoms with Crippen LogP contribution in [0.1, 0.15) is 12.7 Å². The van der Waals surface area contributed by atoms with Crippen LogP contribution in [-0.4, -0.2) is 21.4 Å². The molecule has 6 nitrogen and oxygen atoms in total. The molecule has 2 heterocycles. The second-order valence-corrected chi connectivity index (χ2v) is 7.49. The number of carbonyl (C=O) groups excluding carboxylic acids is 1. The van der Waals surface area contributed by atoms with Gasteiger partial charge < -0.3 is 15.1 Å². The summed E-state index contributed by atoms with van der Waals surface area (Å²) in [5.74, 6) is 0.662. The smallest absolute Gasteiger partial charge is 0.233 e. The summed E-state index contributed by atoms with van der Waals surface area (Å²) in [6.45, 7) is 2.22. The van der Waals surface area contributed by atoms with Crippen molar-refractivity contribution in [3.8, 4) is 0 Å². The van der Waals surface area contributed by atoms with Gasteiger partial charge in [0, 0.05) is 5.69 Å². The van der Waals surface area contributed by atoms with Crippen molar-refractivity contribution in [1.29, 1.82) is 0 Å². The molecule has 0 aliphatic heterocycles. The summed E-state index contributed by atoms with van der Waals surface area (Å²) in [4.78, 5) is 12.1. The van der Waals surface area contributed by atoms with E-state index in [1.54, 1.807) is 12.3 Å². The molecule has 0 saturated carbocycles. The highest BCUT2D eigenvalue weighted by Gasteiger charge is 2.17. The van der Waals surface area contributed by atoms with Crippen molar-refractivity contribution in [2.75, 3.05) is 5.32 Å². The molecule has 0 spiro atoms. The van der Waals surface area contributed by atoms with E-state index in [1.165, 1.54) is 23.1 Å². The fraction of sp³-hybridized carbons (Fsp3) is 0.188. The molecule has 1 amide bonds. The average molecular weight is 360 g/mol. The van der Waals surface area contributed by atoms with Gasteiger partial charge in [-0.05, 0) is 31.2 Å². The van der Waals surface area contributed by atoms with Gasteiger partial charge in [0.05, 0.1) is 18.1 Å². The van der Waals surface area contributed by atoms with E-state index in [9.17, 15) is 4.79 Å². The lowest BCUT2D eigenvalue weighted by Crippen LogP contribution is -2.30. The number of hydrogen-bond acceptors (Lipinski definition) is 7. The van der Waals surface area contributed by atoms with Crippen molar-refractivity contribution in [1.82, 2.24) is 15.5 Å². The first-order chi connectivity index (χ1) is 11.7. The number of hydrogen-bond donors (Lipinski definition) is 2. The molecule has 2 N–H and O–H groups in total. The predicted octanol–water partition coefficient (Wildman–Crippen LogP) is 3.67. The second kappa shape index (κ2) is 7.98. The molecule has 0 saturated heterocycles. The summed E-state index contributed by atoms with van der Waals surface area (Å²) in [6.07, 6.45) is 1.59. The number of furan rings is 1. The number of benzene rings is 1. The van der Waals surface area contributed by atoms with E-state index in [4.69, 9.17) is 4.42 Å². The zero-order chi connectivity index (χ0) is 16.8. The zero-order valence-electron chi connectivity index (χ0n) is 12.9. The Balaban J connectivity index is 1.51. The van der Waals surface area contributed by atoms with Gasteiger partial charge >= 0.3 is 0 Å². The molecule has 8 heteroatoms. The Kier molecular flexibility index (Phi) is 5.50. The quantitative estimate of drug-likeness (QED) is 0.626. The summed E-state index contributed by atoms with van der Waals surface area (Å²) in [7, 11) is 0. The minimum absolute atomic E-state index is 0.0656. The van der Waals surface area contributed by atoms with Crippen molar-refractivity contribution >= 4 is 39.8 Å². The number of nitrogens with zero attached hydrogens (tertiary/aromatic N) is 2. The molecular formula is C16H16N4O2S2. The van der Waals surface area contributed by atoms with E-state index in [2.05, 4.69) is 20.8 Å². The molecule has 2 aromatic heterocycles. The second-order valence-electron chi connectivity index (χ2n) is 4.92. The molecule has 0 radical (unpaired) electrons. The third-order valence-corrected chi connectivity index (χ3v) is 5.12. The molecule has 0 aliphatic carbocycles. The molecule has 1 aromatic carbocycles. The van der Waals surface area contributed by atoms with Gasteiger partial charge in [0.2, 0.25) is 11.0 Å². The molecule has 0 unspecified atom stereocenters. The molecule has 0 fully saturated rings. The van der Waals surface area contributed by atoms with Crippen molar-refractivity contribution in [3.63, 3.8) is 0 Å². The lowest BCUT2D eigenvalue weighted by molar-refractivity contribution is -0.120. The minimum Gasteiger partial charge on any atom is -0.467 e. The maximum Gasteiger partial charge on any atom is 0.233 e. The van der Waals surface area contributed by atoms with Crippen molar-refractivity contribution in [2.45, 2.75) is 23.1 Å².